The first kappa shape index (κ1) is 15.5. The minimum Gasteiger partial charge on any atom is -0.394 e. The van der Waals surface area contributed by atoms with Gasteiger partial charge in [0, 0.05) is 10.4 Å². The van der Waals surface area contributed by atoms with Gasteiger partial charge in [-0.15, -0.1) is 0 Å². The fourth-order valence-electron chi connectivity index (χ4n) is 2.39. The minimum absolute atomic E-state index is 0.0617. The topological polar surface area (TPSA) is 69.6 Å². The van der Waals surface area contributed by atoms with E-state index >= 15 is 0 Å². The van der Waals surface area contributed by atoms with Crippen LogP contribution in [0.15, 0.2) is 28.7 Å². The number of aliphatic hydroxyl groups excluding tert-OH is 2. The molecule has 1 aliphatic rings. The molecule has 4 nitrogen and oxygen atoms in total. The van der Waals surface area contributed by atoms with Crippen LogP contribution in [0.4, 0.5) is 0 Å². The number of amides is 1. The first-order valence-corrected chi connectivity index (χ1v) is 7.63. The van der Waals surface area contributed by atoms with Gasteiger partial charge in [0.25, 0.3) is 0 Å². The number of hydrogen-bond donors (Lipinski definition) is 3. The monoisotopic (exact) mass is 341 g/mol. The van der Waals surface area contributed by atoms with E-state index in [9.17, 15) is 15.0 Å². The molecule has 3 N–H and O–H groups in total. The molecule has 0 aromatic heterocycles. The average molecular weight is 342 g/mol. The van der Waals surface area contributed by atoms with Crippen molar-refractivity contribution in [1.82, 2.24) is 5.32 Å². The Bertz CT molecular complexity index is 479. The first-order chi connectivity index (χ1) is 9.55. The fraction of sp³-hybridized carbons (Fsp3) is 0.533. The lowest BCUT2D eigenvalue weighted by atomic mass is 9.98. The second-order valence-corrected chi connectivity index (χ2v) is 6.36. The van der Waals surface area contributed by atoms with Crippen LogP contribution in [0.1, 0.15) is 31.2 Å². The highest BCUT2D eigenvalue weighted by Gasteiger charge is 2.45. The Morgan fingerprint density at radius 3 is 2.70 bits per heavy atom. The number of halogens is 1. The van der Waals surface area contributed by atoms with Gasteiger partial charge >= 0.3 is 0 Å². The van der Waals surface area contributed by atoms with Crippen LogP contribution >= 0.6 is 15.9 Å². The first-order valence-electron chi connectivity index (χ1n) is 6.84. The third-order valence-electron chi connectivity index (χ3n) is 4.07. The molecule has 1 amide bonds. The van der Waals surface area contributed by atoms with Gasteiger partial charge in [-0.05, 0) is 36.5 Å². The molecule has 1 saturated carbocycles. The second kappa shape index (κ2) is 6.24. The van der Waals surface area contributed by atoms with Gasteiger partial charge in [-0.2, -0.15) is 0 Å². The Balaban J connectivity index is 1.99. The molecule has 0 saturated heterocycles. The second-order valence-electron chi connectivity index (χ2n) is 5.44. The maximum Gasteiger partial charge on any atom is 0.224 e. The molecule has 0 aliphatic heterocycles. The molecule has 2 atom stereocenters. The van der Waals surface area contributed by atoms with Crippen LogP contribution in [0.25, 0.3) is 0 Å². The van der Waals surface area contributed by atoms with Crippen LogP contribution in [-0.4, -0.2) is 34.9 Å². The molecular weight excluding hydrogens is 322 g/mol. The maximum absolute atomic E-state index is 12.2. The van der Waals surface area contributed by atoms with Crippen molar-refractivity contribution in [3.8, 4) is 0 Å². The summed E-state index contributed by atoms with van der Waals surface area (Å²) < 4.78 is 1.01. The Hall–Kier alpha value is -0.910. The summed E-state index contributed by atoms with van der Waals surface area (Å²) in [5, 5.41) is 21.5. The van der Waals surface area contributed by atoms with E-state index in [1.54, 1.807) is 0 Å². The molecule has 0 unspecified atom stereocenters. The largest absolute Gasteiger partial charge is 0.394 e. The van der Waals surface area contributed by atoms with E-state index in [2.05, 4.69) is 21.2 Å². The Morgan fingerprint density at radius 1 is 1.45 bits per heavy atom. The van der Waals surface area contributed by atoms with Gasteiger partial charge in [-0.25, -0.2) is 0 Å². The van der Waals surface area contributed by atoms with Crippen molar-refractivity contribution in [2.75, 3.05) is 13.2 Å². The lowest BCUT2D eigenvalue weighted by Crippen LogP contribution is -2.54. The quantitative estimate of drug-likeness (QED) is 0.738. The van der Waals surface area contributed by atoms with Crippen molar-refractivity contribution in [1.29, 1.82) is 0 Å². The molecule has 0 spiro atoms. The molecular formula is C15H20BrNO3. The Kier molecular flexibility index (Phi) is 4.83. The zero-order chi connectivity index (χ0) is 14.8. The van der Waals surface area contributed by atoms with Crippen LogP contribution in [0.2, 0.25) is 0 Å². The molecule has 1 aromatic rings. The van der Waals surface area contributed by atoms with E-state index in [-0.39, 0.29) is 31.0 Å². The predicted molar refractivity (Wildman–Crippen MR) is 80.3 cm³/mol. The van der Waals surface area contributed by atoms with Gasteiger partial charge in [-0.1, -0.05) is 35.0 Å². The number of hydrogen-bond acceptors (Lipinski definition) is 3. The van der Waals surface area contributed by atoms with Crippen LogP contribution in [0.5, 0.6) is 0 Å². The Labute approximate surface area is 127 Å². The highest BCUT2D eigenvalue weighted by molar-refractivity contribution is 9.10. The summed E-state index contributed by atoms with van der Waals surface area (Å²) in [6.45, 7) is 1.34. The molecule has 0 radical (unpaired) electrons. The fourth-order valence-corrected chi connectivity index (χ4v) is 2.80. The summed E-state index contributed by atoms with van der Waals surface area (Å²) in [5.74, 6) is 0.0905. The number of carbonyl (C=O) groups is 1. The van der Waals surface area contributed by atoms with Gasteiger partial charge in [0.1, 0.15) is 0 Å². The van der Waals surface area contributed by atoms with Crippen LogP contribution < -0.4 is 5.32 Å². The summed E-state index contributed by atoms with van der Waals surface area (Å²) in [6, 6.07) is 7.97. The number of nitrogens with one attached hydrogen (secondary N) is 1. The van der Waals surface area contributed by atoms with Gasteiger partial charge in [0.05, 0.1) is 18.8 Å². The summed E-state index contributed by atoms with van der Waals surface area (Å²) in [6.07, 6.45) is 1.32. The van der Waals surface area contributed by atoms with E-state index < -0.39 is 5.54 Å². The van der Waals surface area contributed by atoms with Crippen LogP contribution in [0.3, 0.4) is 0 Å². The minimum atomic E-state index is -0.901. The van der Waals surface area contributed by atoms with Gasteiger partial charge in [0.15, 0.2) is 0 Å². The number of carbonyl (C=O) groups excluding carboxylic acids is 1. The highest BCUT2D eigenvalue weighted by atomic mass is 79.9. The van der Waals surface area contributed by atoms with E-state index in [0.717, 1.165) is 16.5 Å². The highest BCUT2D eigenvalue weighted by Crippen LogP contribution is 2.48. The molecule has 1 aliphatic carbocycles. The molecule has 1 fully saturated rings. The smallest absolute Gasteiger partial charge is 0.224 e. The molecule has 110 valence electrons. The third kappa shape index (κ3) is 3.22. The zero-order valence-electron chi connectivity index (χ0n) is 11.5. The molecule has 2 rings (SSSR count). The van der Waals surface area contributed by atoms with Crippen molar-refractivity contribution in [3.05, 3.63) is 34.3 Å². The third-order valence-corrected chi connectivity index (χ3v) is 4.57. The lowest BCUT2D eigenvalue weighted by Gasteiger charge is -2.29. The van der Waals surface area contributed by atoms with E-state index in [0.29, 0.717) is 6.42 Å². The summed E-state index contributed by atoms with van der Waals surface area (Å²) in [7, 11) is 0. The SMILES string of the molecule is CCC(CO)(CO)NC(=O)[C@H]1C[C@H]1c1cccc(Br)c1. The summed E-state index contributed by atoms with van der Waals surface area (Å²) >= 11 is 3.43. The van der Waals surface area contributed by atoms with E-state index in [4.69, 9.17) is 0 Å². The van der Waals surface area contributed by atoms with Gasteiger partial charge in [0.2, 0.25) is 5.91 Å². The zero-order valence-corrected chi connectivity index (χ0v) is 13.1. The number of aliphatic hydroxyl groups is 2. The molecule has 1 aromatic carbocycles. The van der Waals surface area contributed by atoms with Crippen LogP contribution in [-0.2, 0) is 4.79 Å². The predicted octanol–water partition coefficient (Wildman–Crippen LogP) is 1.80. The van der Waals surface area contributed by atoms with Crippen molar-refractivity contribution in [3.63, 3.8) is 0 Å². The standard InChI is InChI=1S/C15H20BrNO3/c1-2-15(8-18,9-19)17-14(20)13-7-12(13)10-4-3-5-11(16)6-10/h3-6,12-13,18-19H,2,7-9H2,1H3,(H,17,20)/t12-,13-/m0/s1. The molecule has 20 heavy (non-hydrogen) atoms. The normalized spacial score (nSPS) is 21.6. The summed E-state index contributed by atoms with van der Waals surface area (Å²) in [5.41, 5.74) is 0.247. The van der Waals surface area contributed by atoms with Crippen molar-refractivity contribution in [2.24, 2.45) is 5.92 Å². The number of rotatable bonds is 6. The van der Waals surface area contributed by atoms with Crippen molar-refractivity contribution in [2.45, 2.75) is 31.2 Å². The van der Waals surface area contributed by atoms with Crippen LogP contribution in [0, 0.1) is 5.92 Å². The van der Waals surface area contributed by atoms with Crippen molar-refractivity contribution < 1.29 is 15.0 Å². The Morgan fingerprint density at radius 2 is 2.15 bits per heavy atom. The maximum atomic E-state index is 12.2. The van der Waals surface area contributed by atoms with Gasteiger partial charge in [-0.3, -0.25) is 4.79 Å². The van der Waals surface area contributed by atoms with E-state index in [1.165, 1.54) is 0 Å². The van der Waals surface area contributed by atoms with Gasteiger partial charge < -0.3 is 15.5 Å². The average Bonchev–Trinajstić information content (AvgIpc) is 3.25. The molecule has 0 bridgehead atoms. The lowest BCUT2D eigenvalue weighted by molar-refractivity contribution is -0.125. The van der Waals surface area contributed by atoms with Crippen molar-refractivity contribution >= 4 is 21.8 Å². The summed E-state index contributed by atoms with van der Waals surface area (Å²) in [4.78, 5) is 12.2. The van der Waals surface area contributed by atoms with E-state index in [1.807, 2.05) is 31.2 Å². The molecule has 5 heteroatoms. The molecule has 0 heterocycles. The number of benzene rings is 1.